The van der Waals surface area contributed by atoms with Crippen molar-refractivity contribution >= 4 is 6.21 Å². The van der Waals surface area contributed by atoms with E-state index in [9.17, 15) is 5.21 Å². The summed E-state index contributed by atoms with van der Waals surface area (Å²) in [5.74, 6) is -1.29. The molecule has 0 aromatic heterocycles. The van der Waals surface area contributed by atoms with Crippen LogP contribution in [0.3, 0.4) is 0 Å². The van der Waals surface area contributed by atoms with E-state index in [1.165, 1.54) is 6.21 Å². The van der Waals surface area contributed by atoms with Crippen molar-refractivity contribution in [1.29, 1.82) is 0 Å². The first kappa shape index (κ1) is 12.3. The molecule has 3 aliphatic rings. The van der Waals surface area contributed by atoms with Crippen LogP contribution < -0.4 is 0 Å². The molecule has 0 unspecified atom stereocenters. The van der Waals surface area contributed by atoms with Crippen LogP contribution in [0.1, 0.15) is 27.7 Å². The summed E-state index contributed by atoms with van der Waals surface area (Å²) in [6.45, 7) is 7.78. The van der Waals surface area contributed by atoms with Gasteiger partial charge in [0, 0.05) is 0 Å². The zero-order valence-electron chi connectivity index (χ0n) is 11.1. The first-order valence-electron chi connectivity index (χ1n) is 6.25. The van der Waals surface area contributed by atoms with Gasteiger partial charge >= 0.3 is 0 Å². The van der Waals surface area contributed by atoms with Crippen LogP contribution in [0, 0.1) is 5.21 Å². The van der Waals surface area contributed by atoms with Crippen molar-refractivity contribution in [3.63, 3.8) is 0 Å². The number of ether oxygens (including phenoxy) is 4. The van der Waals surface area contributed by atoms with E-state index < -0.39 is 17.6 Å². The number of rotatable bonds is 1. The number of hydrogen-bond donors (Lipinski definition) is 0. The van der Waals surface area contributed by atoms with Crippen molar-refractivity contribution in [2.75, 3.05) is 6.61 Å². The highest BCUT2D eigenvalue weighted by Crippen LogP contribution is 2.37. The molecule has 6 nitrogen and oxygen atoms in total. The van der Waals surface area contributed by atoms with Gasteiger partial charge in [-0.25, -0.2) is 4.74 Å². The van der Waals surface area contributed by atoms with E-state index in [2.05, 4.69) is 0 Å². The maximum absolute atomic E-state index is 12.0. The largest absolute Gasteiger partial charge is 0.624 e. The third-order valence-electron chi connectivity index (χ3n) is 3.50. The zero-order chi connectivity index (χ0) is 13.1. The number of hydroxylamine groups is 1. The second kappa shape index (κ2) is 3.66. The second-order valence-electron chi connectivity index (χ2n) is 5.93. The Balaban J connectivity index is 1.79. The van der Waals surface area contributed by atoms with Gasteiger partial charge in [0.1, 0.15) is 6.10 Å². The highest BCUT2D eigenvalue weighted by molar-refractivity contribution is 5.62. The van der Waals surface area contributed by atoms with E-state index in [1.54, 1.807) is 0 Å². The SMILES string of the molecule is CC1(C)O[C@@H]2[C@H]([C@H]3COC(C)(C)O3)[N+]([O-])=C[C@@H]2O1. The van der Waals surface area contributed by atoms with Crippen LogP contribution in [-0.4, -0.2) is 53.5 Å². The summed E-state index contributed by atoms with van der Waals surface area (Å²) >= 11 is 0. The lowest BCUT2D eigenvalue weighted by Gasteiger charge is -2.25. The van der Waals surface area contributed by atoms with Crippen LogP contribution in [-0.2, 0) is 18.9 Å². The molecule has 2 saturated heterocycles. The van der Waals surface area contributed by atoms with Crippen LogP contribution >= 0.6 is 0 Å². The third-order valence-corrected chi connectivity index (χ3v) is 3.50. The average molecular weight is 257 g/mol. The Morgan fingerprint density at radius 1 is 1.11 bits per heavy atom. The van der Waals surface area contributed by atoms with Crippen molar-refractivity contribution in [2.24, 2.45) is 0 Å². The molecule has 102 valence electrons. The molecular formula is C12H19NO5. The topological polar surface area (TPSA) is 63.0 Å². The molecule has 4 atom stereocenters. The molecule has 0 aliphatic carbocycles. The predicted molar refractivity (Wildman–Crippen MR) is 62.2 cm³/mol. The Hall–Kier alpha value is -0.690. The first-order valence-corrected chi connectivity index (χ1v) is 6.25. The van der Waals surface area contributed by atoms with Gasteiger partial charge in [-0.2, -0.15) is 0 Å². The molecule has 0 aromatic rings. The van der Waals surface area contributed by atoms with Gasteiger partial charge in [-0.1, -0.05) is 0 Å². The summed E-state index contributed by atoms with van der Waals surface area (Å²) in [4.78, 5) is 0. The molecule has 3 heterocycles. The molecule has 3 rings (SSSR count). The van der Waals surface area contributed by atoms with E-state index in [4.69, 9.17) is 18.9 Å². The van der Waals surface area contributed by atoms with Crippen LogP contribution in [0.25, 0.3) is 0 Å². The molecule has 0 N–H and O–H groups in total. The van der Waals surface area contributed by atoms with Crippen molar-refractivity contribution < 1.29 is 23.7 Å². The molecule has 0 saturated carbocycles. The third kappa shape index (κ3) is 1.93. The van der Waals surface area contributed by atoms with Gasteiger partial charge in [0.15, 0.2) is 30.0 Å². The molecular weight excluding hydrogens is 238 g/mol. The lowest BCUT2D eigenvalue weighted by atomic mass is 10.1. The van der Waals surface area contributed by atoms with Gasteiger partial charge < -0.3 is 24.2 Å². The van der Waals surface area contributed by atoms with Crippen LogP contribution in [0.4, 0.5) is 0 Å². The van der Waals surface area contributed by atoms with Gasteiger partial charge in [0.05, 0.1) is 6.61 Å². The first-order chi connectivity index (χ1) is 8.27. The van der Waals surface area contributed by atoms with Crippen molar-refractivity contribution in [3.8, 4) is 0 Å². The van der Waals surface area contributed by atoms with E-state index in [1.807, 2.05) is 27.7 Å². The Labute approximate surface area is 106 Å². The summed E-state index contributed by atoms with van der Waals surface area (Å²) in [5.41, 5.74) is 0. The highest BCUT2D eigenvalue weighted by Gasteiger charge is 2.58. The van der Waals surface area contributed by atoms with Crippen LogP contribution in [0.15, 0.2) is 0 Å². The fourth-order valence-electron chi connectivity index (χ4n) is 2.84. The van der Waals surface area contributed by atoms with E-state index in [0.717, 1.165) is 4.74 Å². The van der Waals surface area contributed by atoms with Gasteiger partial charge in [-0.05, 0) is 27.7 Å². The Morgan fingerprint density at radius 3 is 2.44 bits per heavy atom. The van der Waals surface area contributed by atoms with E-state index in [0.29, 0.717) is 6.61 Å². The monoisotopic (exact) mass is 257 g/mol. The normalized spacial score (nSPS) is 45.0. The van der Waals surface area contributed by atoms with Crippen LogP contribution in [0.5, 0.6) is 0 Å². The minimum absolute atomic E-state index is 0.291. The summed E-state index contributed by atoms with van der Waals surface area (Å²) in [6.07, 6.45) is 0.648. The molecule has 6 heteroatoms. The van der Waals surface area contributed by atoms with Gasteiger partial charge in [-0.15, -0.1) is 0 Å². The number of nitrogens with zero attached hydrogens (tertiary/aromatic N) is 1. The zero-order valence-corrected chi connectivity index (χ0v) is 11.1. The maximum atomic E-state index is 12.0. The molecule has 0 spiro atoms. The lowest BCUT2D eigenvalue weighted by Crippen LogP contribution is -2.45. The predicted octanol–water partition coefficient (Wildman–Crippen LogP) is 0.621. The Morgan fingerprint density at radius 2 is 1.83 bits per heavy atom. The standard InChI is InChI=1S/C12H19NO5/c1-11(2)15-6-8(17-11)9-10-7(5-13(9)14)16-12(3,4)18-10/h5,7-10H,6H2,1-4H3/t7-,8+,9-,10-/m0/s1. The number of fused-ring (bicyclic) bond motifs is 1. The van der Waals surface area contributed by atoms with Gasteiger partial charge in [0.2, 0.25) is 6.04 Å². The molecule has 2 fully saturated rings. The minimum atomic E-state index is -0.652. The summed E-state index contributed by atoms with van der Waals surface area (Å²) in [6, 6.07) is -0.404. The lowest BCUT2D eigenvalue weighted by molar-refractivity contribution is -0.514. The summed E-state index contributed by atoms with van der Waals surface area (Å²) in [7, 11) is 0. The molecule has 0 amide bonds. The molecule has 18 heavy (non-hydrogen) atoms. The van der Waals surface area contributed by atoms with E-state index >= 15 is 0 Å². The maximum Gasteiger partial charge on any atom is 0.220 e. The Bertz CT molecular complexity index is 392. The van der Waals surface area contributed by atoms with Crippen molar-refractivity contribution in [1.82, 2.24) is 0 Å². The summed E-state index contributed by atoms with van der Waals surface area (Å²) < 4.78 is 23.6. The van der Waals surface area contributed by atoms with Gasteiger partial charge in [-0.3, -0.25) is 0 Å². The molecule has 0 aromatic carbocycles. The number of hydrogen-bond acceptors (Lipinski definition) is 5. The fraction of sp³-hybridized carbons (Fsp3) is 0.917. The summed E-state index contributed by atoms with van der Waals surface area (Å²) in [5, 5.41) is 12.0. The van der Waals surface area contributed by atoms with E-state index in [-0.39, 0.29) is 18.3 Å². The van der Waals surface area contributed by atoms with Crippen molar-refractivity contribution in [3.05, 3.63) is 5.21 Å². The highest BCUT2D eigenvalue weighted by atomic mass is 16.8. The van der Waals surface area contributed by atoms with Crippen LogP contribution in [0.2, 0.25) is 0 Å². The Kier molecular flexibility index (Phi) is 2.51. The molecule has 3 aliphatic heterocycles. The average Bonchev–Trinajstić information content (AvgIpc) is 2.75. The smallest absolute Gasteiger partial charge is 0.220 e. The molecule has 0 radical (unpaired) electrons. The van der Waals surface area contributed by atoms with Crippen molar-refractivity contribution in [2.45, 2.75) is 63.6 Å². The van der Waals surface area contributed by atoms with Gasteiger partial charge in [0.25, 0.3) is 0 Å². The fourth-order valence-corrected chi connectivity index (χ4v) is 2.84. The molecule has 0 bridgehead atoms. The second-order valence-corrected chi connectivity index (χ2v) is 5.93. The quantitative estimate of drug-likeness (QED) is 0.509. The minimum Gasteiger partial charge on any atom is -0.624 e.